The molecule has 0 saturated heterocycles. The van der Waals surface area contributed by atoms with Crippen molar-refractivity contribution >= 4 is 11.6 Å². The number of nitrogens with zero attached hydrogens (tertiary/aromatic N) is 4. The Kier molecular flexibility index (Phi) is 4.64. The number of carbonyl (C=O) groups is 1. The number of fused-ring (bicyclic) bond motifs is 1. The summed E-state index contributed by atoms with van der Waals surface area (Å²) >= 11 is 0. The number of hydrogen-bond acceptors (Lipinski definition) is 5. The first-order chi connectivity index (χ1) is 14.1. The van der Waals surface area contributed by atoms with E-state index in [1.54, 1.807) is 19.1 Å². The van der Waals surface area contributed by atoms with Crippen LogP contribution in [0.3, 0.4) is 0 Å². The summed E-state index contributed by atoms with van der Waals surface area (Å²) in [5.41, 5.74) is 3.01. The average molecular weight is 418 g/mol. The van der Waals surface area contributed by atoms with Crippen LogP contribution in [0.25, 0.3) is 11.3 Å². The van der Waals surface area contributed by atoms with Crippen molar-refractivity contribution in [3.63, 3.8) is 0 Å². The van der Waals surface area contributed by atoms with Crippen molar-refractivity contribution in [2.24, 2.45) is 0 Å². The Bertz CT molecular complexity index is 1140. The van der Waals surface area contributed by atoms with Crippen molar-refractivity contribution in [3.8, 4) is 22.8 Å². The largest absolute Gasteiger partial charge is 0.508 e. The third kappa shape index (κ3) is 3.68. The van der Waals surface area contributed by atoms with Crippen LogP contribution in [-0.2, 0) is 13.1 Å². The zero-order valence-electron chi connectivity index (χ0n) is 16.1. The van der Waals surface area contributed by atoms with Crippen molar-refractivity contribution in [1.82, 2.24) is 14.8 Å². The first kappa shape index (κ1) is 19.7. The van der Waals surface area contributed by atoms with Crippen LogP contribution >= 0.6 is 0 Å². The zero-order chi connectivity index (χ0) is 21.6. The van der Waals surface area contributed by atoms with Gasteiger partial charge in [-0.3, -0.25) is 19.4 Å². The Morgan fingerprint density at radius 1 is 1.23 bits per heavy atom. The van der Waals surface area contributed by atoms with E-state index in [1.165, 1.54) is 36.5 Å². The molecule has 0 spiro atoms. The van der Waals surface area contributed by atoms with Crippen molar-refractivity contribution in [3.05, 3.63) is 53.5 Å². The van der Waals surface area contributed by atoms with Gasteiger partial charge in [-0.05, 0) is 30.7 Å². The molecule has 0 saturated carbocycles. The molecule has 0 radical (unpaired) electrons. The third-order valence-electron chi connectivity index (χ3n) is 4.75. The lowest BCUT2D eigenvalue weighted by Gasteiger charge is -2.12. The molecule has 30 heavy (non-hydrogen) atoms. The van der Waals surface area contributed by atoms with E-state index in [4.69, 9.17) is 4.74 Å². The van der Waals surface area contributed by atoms with Crippen molar-refractivity contribution < 1.29 is 27.8 Å². The Labute approximate surface area is 169 Å². The van der Waals surface area contributed by atoms with Crippen LogP contribution in [0.5, 0.6) is 11.5 Å². The van der Waals surface area contributed by atoms with Crippen molar-refractivity contribution in [2.45, 2.75) is 26.2 Å². The molecule has 1 aliphatic rings. The number of halogens is 3. The number of phenolic OH excluding ortho intramolecular Hbond substituents is 1. The predicted octanol–water partition coefficient (Wildman–Crippen LogP) is 3.69. The van der Waals surface area contributed by atoms with Gasteiger partial charge in [-0.25, -0.2) is 0 Å². The summed E-state index contributed by atoms with van der Waals surface area (Å²) in [5.74, 6) is 0.125. The zero-order valence-corrected chi connectivity index (χ0v) is 16.1. The van der Waals surface area contributed by atoms with Gasteiger partial charge in [0.05, 0.1) is 42.5 Å². The number of methoxy groups -OCH3 is 1. The van der Waals surface area contributed by atoms with Crippen LogP contribution in [0, 0.1) is 6.92 Å². The van der Waals surface area contributed by atoms with Gasteiger partial charge in [0, 0.05) is 17.8 Å². The molecule has 1 aliphatic heterocycles. The maximum absolute atomic E-state index is 12.9. The molecule has 1 amide bonds. The van der Waals surface area contributed by atoms with E-state index in [0.717, 1.165) is 4.68 Å². The first-order valence-corrected chi connectivity index (χ1v) is 8.94. The number of benzene rings is 1. The molecule has 0 unspecified atom stereocenters. The molecule has 3 aromatic rings. The van der Waals surface area contributed by atoms with E-state index in [9.17, 15) is 23.1 Å². The highest BCUT2D eigenvalue weighted by Gasteiger charge is 2.34. The fraction of sp³-hybridized carbons (Fsp3) is 0.250. The fourth-order valence-electron chi connectivity index (χ4n) is 3.47. The number of amides is 1. The Morgan fingerprint density at radius 2 is 2.00 bits per heavy atom. The number of alkyl halides is 3. The number of phenols is 1. The number of pyridine rings is 1. The topological polar surface area (TPSA) is 80.5 Å². The van der Waals surface area contributed by atoms with Gasteiger partial charge in [0.25, 0.3) is 5.91 Å². The third-order valence-corrected chi connectivity index (χ3v) is 4.75. The van der Waals surface area contributed by atoms with E-state index in [-0.39, 0.29) is 23.9 Å². The minimum Gasteiger partial charge on any atom is -0.508 e. The van der Waals surface area contributed by atoms with Crippen molar-refractivity contribution in [2.75, 3.05) is 12.0 Å². The molecule has 0 aliphatic carbocycles. The Morgan fingerprint density at radius 3 is 2.70 bits per heavy atom. The molecule has 0 bridgehead atoms. The Balaban J connectivity index is 1.67. The highest BCUT2D eigenvalue weighted by Crippen LogP contribution is 2.34. The van der Waals surface area contributed by atoms with E-state index >= 15 is 0 Å². The summed E-state index contributed by atoms with van der Waals surface area (Å²) in [6.07, 6.45) is -1.99. The molecule has 1 N–H and O–H groups in total. The van der Waals surface area contributed by atoms with Gasteiger partial charge in [-0.15, -0.1) is 0 Å². The normalized spacial score (nSPS) is 13.6. The van der Waals surface area contributed by atoms with Gasteiger partial charge in [0.15, 0.2) is 0 Å². The molecule has 1 aromatic carbocycles. The minimum atomic E-state index is -4.41. The Hall–Kier alpha value is -3.56. The van der Waals surface area contributed by atoms with Crippen LogP contribution < -0.4 is 9.64 Å². The molecule has 4 rings (SSSR count). The van der Waals surface area contributed by atoms with E-state index < -0.39 is 12.7 Å². The van der Waals surface area contributed by atoms with Crippen LogP contribution in [0.2, 0.25) is 0 Å². The minimum absolute atomic E-state index is 0.0130. The summed E-state index contributed by atoms with van der Waals surface area (Å²) in [6.45, 7) is 0.637. The number of rotatable bonds is 4. The lowest BCUT2D eigenvalue weighted by Crippen LogP contribution is -2.23. The summed E-state index contributed by atoms with van der Waals surface area (Å²) in [7, 11) is 1.48. The molecule has 0 atom stereocenters. The molecular formula is C20H17F3N4O3. The lowest BCUT2D eigenvalue weighted by atomic mass is 10.0. The van der Waals surface area contributed by atoms with Gasteiger partial charge in [-0.1, -0.05) is 0 Å². The average Bonchev–Trinajstić information content (AvgIpc) is 3.24. The molecule has 156 valence electrons. The molecule has 0 fully saturated rings. The van der Waals surface area contributed by atoms with E-state index in [1.807, 2.05) is 0 Å². The smallest absolute Gasteiger partial charge is 0.408 e. The van der Waals surface area contributed by atoms with Crippen LogP contribution in [-0.4, -0.2) is 39.1 Å². The summed E-state index contributed by atoms with van der Waals surface area (Å²) in [5, 5.41) is 13.6. The standard InChI is InChI=1S/C20H17F3N4O3/c1-11-3-16(12-4-14(28)6-15(5-12)30-2)25-17-9-27(19(29)18(11)17)13-7-24-26(8-13)10-20(21,22)23/h3-8,28H,9-10H2,1-2H3. The van der Waals surface area contributed by atoms with Gasteiger partial charge in [-0.2, -0.15) is 18.3 Å². The van der Waals surface area contributed by atoms with E-state index in [2.05, 4.69) is 10.1 Å². The number of carbonyl (C=O) groups excluding carboxylic acids is 1. The molecule has 10 heteroatoms. The fourth-order valence-corrected chi connectivity index (χ4v) is 3.47. The summed E-state index contributed by atoms with van der Waals surface area (Å²) < 4.78 is 43.7. The molecular weight excluding hydrogens is 401 g/mol. The van der Waals surface area contributed by atoms with Gasteiger partial charge < -0.3 is 9.84 Å². The second-order valence-electron chi connectivity index (χ2n) is 6.97. The number of hydrogen-bond donors (Lipinski definition) is 1. The second kappa shape index (κ2) is 7.05. The quantitative estimate of drug-likeness (QED) is 0.699. The number of ether oxygens (including phenoxy) is 1. The van der Waals surface area contributed by atoms with Crippen LogP contribution in [0.15, 0.2) is 36.7 Å². The summed E-state index contributed by atoms with van der Waals surface area (Å²) in [6, 6.07) is 6.44. The second-order valence-corrected chi connectivity index (χ2v) is 6.97. The van der Waals surface area contributed by atoms with E-state index in [0.29, 0.717) is 33.8 Å². The number of aromatic hydroxyl groups is 1. The molecule has 2 aromatic heterocycles. The first-order valence-electron chi connectivity index (χ1n) is 8.94. The van der Waals surface area contributed by atoms with Gasteiger partial charge >= 0.3 is 6.18 Å². The maximum atomic E-state index is 12.9. The van der Waals surface area contributed by atoms with Gasteiger partial charge in [0.1, 0.15) is 18.0 Å². The summed E-state index contributed by atoms with van der Waals surface area (Å²) in [4.78, 5) is 18.8. The SMILES string of the molecule is COc1cc(O)cc(-c2cc(C)c3c(n2)CN(c2cnn(CC(F)(F)F)c2)C3=O)c1. The number of aromatic nitrogens is 3. The highest BCUT2D eigenvalue weighted by atomic mass is 19.4. The van der Waals surface area contributed by atoms with Gasteiger partial charge in [0.2, 0.25) is 0 Å². The number of anilines is 1. The molecule has 7 nitrogen and oxygen atoms in total. The lowest BCUT2D eigenvalue weighted by molar-refractivity contribution is -0.142. The highest BCUT2D eigenvalue weighted by molar-refractivity contribution is 6.10. The van der Waals surface area contributed by atoms with Crippen LogP contribution in [0.4, 0.5) is 18.9 Å². The van der Waals surface area contributed by atoms with Crippen molar-refractivity contribution in [1.29, 1.82) is 0 Å². The molecule has 3 heterocycles. The monoisotopic (exact) mass is 418 g/mol. The number of aryl methyl sites for hydroxylation is 1. The predicted molar refractivity (Wildman–Crippen MR) is 101 cm³/mol. The maximum Gasteiger partial charge on any atom is 0.408 e. The van der Waals surface area contributed by atoms with Crippen LogP contribution in [0.1, 0.15) is 21.6 Å².